The van der Waals surface area contributed by atoms with Gasteiger partial charge in [0.2, 0.25) is 0 Å². The van der Waals surface area contributed by atoms with Crippen LogP contribution in [0.5, 0.6) is 5.75 Å². The Balaban J connectivity index is 1.68. The Morgan fingerprint density at radius 3 is 2.83 bits per heavy atom. The molecule has 2 atom stereocenters. The van der Waals surface area contributed by atoms with Gasteiger partial charge in [-0.1, -0.05) is 25.3 Å². The molecule has 0 aromatic heterocycles. The highest BCUT2D eigenvalue weighted by atomic mass is 16.5. The van der Waals surface area contributed by atoms with Gasteiger partial charge in [0.1, 0.15) is 5.75 Å². The maximum Gasteiger partial charge on any atom is 0.322 e. The normalized spacial score (nSPS) is 25.4. The van der Waals surface area contributed by atoms with Crippen LogP contribution in [0, 0.1) is 5.92 Å². The quantitative estimate of drug-likeness (QED) is 0.899. The third-order valence-electron chi connectivity index (χ3n) is 5.10. The van der Waals surface area contributed by atoms with Crippen molar-refractivity contribution in [3.05, 3.63) is 24.3 Å². The molecule has 2 fully saturated rings. The van der Waals surface area contributed by atoms with E-state index in [1.165, 1.54) is 32.1 Å². The van der Waals surface area contributed by atoms with Gasteiger partial charge in [-0.25, -0.2) is 4.79 Å². The van der Waals surface area contributed by atoms with Gasteiger partial charge in [0.15, 0.2) is 0 Å². The number of aliphatic hydroxyl groups is 1. The number of rotatable bonds is 3. The third-order valence-corrected chi connectivity index (χ3v) is 5.10. The molecule has 1 aliphatic heterocycles. The summed E-state index contributed by atoms with van der Waals surface area (Å²) in [6.07, 6.45) is 6.40. The minimum absolute atomic E-state index is 0.120. The van der Waals surface area contributed by atoms with E-state index in [0.717, 1.165) is 5.69 Å². The second-order valence-corrected chi connectivity index (χ2v) is 6.67. The van der Waals surface area contributed by atoms with Crippen molar-refractivity contribution in [2.75, 3.05) is 19.0 Å². The SMILES string of the molecule is COc1cccc(NC(=O)N2C[C@H](O)C[C@@H]2C2CCCCC2)c1. The molecule has 0 bridgehead atoms. The molecule has 2 aliphatic rings. The van der Waals surface area contributed by atoms with Gasteiger partial charge in [-0.2, -0.15) is 0 Å². The summed E-state index contributed by atoms with van der Waals surface area (Å²) in [4.78, 5) is 14.5. The van der Waals surface area contributed by atoms with Crippen LogP contribution < -0.4 is 10.1 Å². The zero-order valence-corrected chi connectivity index (χ0v) is 13.7. The van der Waals surface area contributed by atoms with E-state index in [4.69, 9.17) is 4.74 Å². The molecule has 1 aromatic rings. The van der Waals surface area contributed by atoms with Crippen LogP contribution in [-0.2, 0) is 0 Å². The summed E-state index contributed by atoms with van der Waals surface area (Å²) in [5.41, 5.74) is 0.720. The van der Waals surface area contributed by atoms with E-state index in [-0.39, 0.29) is 12.1 Å². The van der Waals surface area contributed by atoms with Crippen molar-refractivity contribution >= 4 is 11.7 Å². The minimum atomic E-state index is -0.405. The van der Waals surface area contributed by atoms with Gasteiger partial charge in [-0.05, 0) is 37.3 Å². The number of carbonyl (C=O) groups is 1. The summed E-state index contributed by atoms with van der Waals surface area (Å²) >= 11 is 0. The van der Waals surface area contributed by atoms with Crippen LogP contribution in [0.25, 0.3) is 0 Å². The molecule has 23 heavy (non-hydrogen) atoms. The number of hydrogen-bond acceptors (Lipinski definition) is 3. The summed E-state index contributed by atoms with van der Waals surface area (Å²) in [5, 5.41) is 13.0. The molecule has 1 aliphatic carbocycles. The van der Waals surface area contributed by atoms with E-state index >= 15 is 0 Å². The molecule has 0 radical (unpaired) electrons. The number of methoxy groups -OCH3 is 1. The average Bonchev–Trinajstić information content (AvgIpc) is 2.98. The number of urea groups is 1. The van der Waals surface area contributed by atoms with Gasteiger partial charge in [0, 0.05) is 24.3 Å². The lowest BCUT2D eigenvalue weighted by atomic mass is 9.83. The van der Waals surface area contributed by atoms with Crippen molar-refractivity contribution in [1.82, 2.24) is 4.90 Å². The first kappa shape index (κ1) is 16.1. The fourth-order valence-corrected chi connectivity index (χ4v) is 3.94. The predicted octanol–water partition coefficient (Wildman–Crippen LogP) is 3.24. The molecular formula is C18H26N2O3. The summed E-state index contributed by atoms with van der Waals surface area (Å²) in [5.74, 6) is 1.24. The van der Waals surface area contributed by atoms with Crippen LogP contribution in [-0.4, -0.2) is 41.8 Å². The number of likely N-dealkylation sites (tertiary alicyclic amines) is 1. The van der Waals surface area contributed by atoms with Crippen molar-refractivity contribution in [3.63, 3.8) is 0 Å². The summed E-state index contributed by atoms with van der Waals surface area (Å²) in [6, 6.07) is 7.40. The number of β-amino-alcohol motifs (C(OH)–C–C–N with tert-alkyl or cyclic N) is 1. The van der Waals surface area contributed by atoms with Gasteiger partial charge in [0.25, 0.3) is 0 Å². The van der Waals surface area contributed by atoms with E-state index in [1.54, 1.807) is 13.2 Å². The Morgan fingerprint density at radius 1 is 1.30 bits per heavy atom. The Hall–Kier alpha value is -1.75. The smallest absolute Gasteiger partial charge is 0.322 e. The Kier molecular flexibility index (Phi) is 5.06. The molecule has 5 heteroatoms. The van der Waals surface area contributed by atoms with Gasteiger partial charge in [-0.15, -0.1) is 0 Å². The van der Waals surface area contributed by atoms with Crippen molar-refractivity contribution in [2.45, 2.75) is 50.7 Å². The van der Waals surface area contributed by atoms with E-state index in [0.29, 0.717) is 24.6 Å². The van der Waals surface area contributed by atoms with Crippen molar-refractivity contribution in [2.24, 2.45) is 5.92 Å². The maximum atomic E-state index is 12.7. The highest BCUT2D eigenvalue weighted by Crippen LogP contribution is 2.34. The summed E-state index contributed by atoms with van der Waals surface area (Å²) < 4.78 is 5.19. The first-order chi connectivity index (χ1) is 11.2. The number of ether oxygens (including phenoxy) is 1. The largest absolute Gasteiger partial charge is 0.497 e. The maximum absolute atomic E-state index is 12.7. The summed E-state index contributed by atoms with van der Waals surface area (Å²) in [6.45, 7) is 0.428. The predicted molar refractivity (Wildman–Crippen MR) is 89.7 cm³/mol. The van der Waals surface area contributed by atoms with Crippen molar-refractivity contribution in [3.8, 4) is 5.75 Å². The fraction of sp³-hybridized carbons (Fsp3) is 0.611. The number of nitrogens with zero attached hydrogens (tertiary/aromatic N) is 1. The molecule has 1 saturated heterocycles. The number of aliphatic hydroxyl groups excluding tert-OH is 1. The number of benzene rings is 1. The minimum Gasteiger partial charge on any atom is -0.497 e. The molecule has 2 N–H and O–H groups in total. The van der Waals surface area contributed by atoms with E-state index in [9.17, 15) is 9.90 Å². The molecular weight excluding hydrogens is 292 g/mol. The molecule has 1 heterocycles. The van der Waals surface area contributed by atoms with Gasteiger partial charge in [-0.3, -0.25) is 0 Å². The number of nitrogens with one attached hydrogen (secondary N) is 1. The van der Waals surface area contributed by atoms with Crippen LogP contribution in [0.1, 0.15) is 38.5 Å². The van der Waals surface area contributed by atoms with Gasteiger partial charge < -0.3 is 20.1 Å². The second-order valence-electron chi connectivity index (χ2n) is 6.67. The third kappa shape index (κ3) is 3.78. The van der Waals surface area contributed by atoms with Gasteiger partial charge >= 0.3 is 6.03 Å². The standard InChI is InChI=1S/C18H26N2O3/c1-23-16-9-5-8-14(10-16)19-18(22)20-12-15(21)11-17(20)13-6-3-2-4-7-13/h5,8-10,13,15,17,21H,2-4,6-7,11-12H2,1H3,(H,19,22)/t15-,17-/m1/s1. The number of anilines is 1. The highest BCUT2D eigenvalue weighted by Gasteiger charge is 2.39. The highest BCUT2D eigenvalue weighted by molar-refractivity contribution is 5.90. The lowest BCUT2D eigenvalue weighted by Crippen LogP contribution is -2.43. The fourth-order valence-electron chi connectivity index (χ4n) is 3.94. The zero-order chi connectivity index (χ0) is 16.2. The molecule has 126 valence electrons. The molecule has 1 saturated carbocycles. The lowest BCUT2D eigenvalue weighted by Gasteiger charge is -2.33. The van der Waals surface area contributed by atoms with Crippen LogP contribution in [0.15, 0.2) is 24.3 Å². The summed E-state index contributed by atoms with van der Waals surface area (Å²) in [7, 11) is 1.61. The average molecular weight is 318 g/mol. The van der Waals surface area contributed by atoms with Crippen molar-refractivity contribution < 1.29 is 14.6 Å². The molecule has 0 unspecified atom stereocenters. The first-order valence-corrected chi connectivity index (χ1v) is 8.57. The van der Waals surface area contributed by atoms with E-state index < -0.39 is 6.10 Å². The van der Waals surface area contributed by atoms with Gasteiger partial charge in [0.05, 0.1) is 13.2 Å². The Labute approximate surface area is 137 Å². The molecule has 3 rings (SSSR count). The number of carbonyl (C=O) groups excluding carboxylic acids is 1. The van der Waals surface area contributed by atoms with Crippen LogP contribution >= 0.6 is 0 Å². The molecule has 2 amide bonds. The first-order valence-electron chi connectivity index (χ1n) is 8.57. The molecule has 5 nitrogen and oxygen atoms in total. The van der Waals surface area contributed by atoms with E-state index in [2.05, 4.69) is 5.32 Å². The molecule has 0 spiro atoms. The number of amides is 2. The van der Waals surface area contributed by atoms with Crippen LogP contribution in [0.2, 0.25) is 0 Å². The number of hydrogen-bond donors (Lipinski definition) is 2. The van der Waals surface area contributed by atoms with Crippen LogP contribution in [0.3, 0.4) is 0 Å². The monoisotopic (exact) mass is 318 g/mol. The zero-order valence-electron chi connectivity index (χ0n) is 13.7. The Morgan fingerprint density at radius 2 is 2.09 bits per heavy atom. The topological polar surface area (TPSA) is 61.8 Å². The molecule has 1 aromatic carbocycles. The second kappa shape index (κ2) is 7.21. The Bertz CT molecular complexity index is 543. The van der Waals surface area contributed by atoms with Crippen LogP contribution in [0.4, 0.5) is 10.5 Å². The van der Waals surface area contributed by atoms with Crippen molar-refractivity contribution in [1.29, 1.82) is 0 Å². The van der Waals surface area contributed by atoms with E-state index in [1.807, 2.05) is 23.1 Å². The lowest BCUT2D eigenvalue weighted by molar-refractivity contribution is 0.164.